The lowest BCUT2D eigenvalue weighted by Crippen LogP contribution is -2.27. The molecule has 1 atom stereocenters. The van der Waals surface area contributed by atoms with E-state index >= 15 is 0 Å². The monoisotopic (exact) mass is 424 g/mol. The van der Waals surface area contributed by atoms with Gasteiger partial charge in [-0.1, -0.05) is 23.8 Å². The zero-order chi connectivity index (χ0) is 21.3. The standard InChI is InChI=1S/C23H28N4O2S/c1-16-7-5-8-17(13-16)22-24-27(23(30)25(22)2)15-26-12-6-9-20(26)19-14-18(28-3)10-11-21(19)29-4/h5,7-8,10-11,13-14,20H,6,9,12,15H2,1-4H3. The van der Waals surface area contributed by atoms with Crippen LogP contribution in [0.5, 0.6) is 11.5 Å². The molecule has 6 nitrogen and oxygen atoms in total. The fourth-order valence-corrected chi connectivity index (χ4v) is 4.42. The minimum Gasteiger partial charge on any atom is -0.497 e. The molecule has 1 unspecified atom stereocenters. The molecule has 4 rings (SSSR count). The maximum Gasteiger partial charge on any atom is 0.199 e. The SMILES string of the molecule is COc1ccc(OC)c(C2CCCN2Cn2nc(-c3cccc(C)c3)n(C)c2=S)c1. The Balaban J connectivity index is 1.65. The van der Waals surface area contributed by atoms with E-state index < -0.39 is 0 Å². The lowest BCUT2D eigenvalue weighted by molar-refractivity contribution is 0.186. The first-order valence-electron chi connectivity index (χ1n) is 10.2. The third-order valence-corrected chi connectivity index (χ3v) is 6.28. The van der Waals surface area contributed by atoms with Crippen molar-refractivity contribution >= 4 is 12.2 Å². The highest BCUT2D eigenvalue weighted by molar-refractivity contribution is 7.71. The van der Waals surface area contributed by atoms with Gasteiger partial charge in [0.2, 0.25) is 0 Å². The van der Waals surface area contributed by atoms with Gasteiger partial charge in [-0.05, 0) is 56.2 Å². The van der Waals surface area contributed by atoms with Gasteiger partial charge in [-0.15, -0.1) is 0 Å². The number of hydrogen-bond donors (Lipinski definition) is 0. The molecule has 2 aromatic carbocycles. The lowest BCUT2D eigenvalue weighted by atomic mass is 10.0. The molecule has 1 saturated heterocycles. The molecule has 1 aliphatic rings. The van der Waals surface area contributed by atoms with Crippen LogP contribution in [0, 0.1) is 11.7 Å². The summed E-state index contributed by atoms with van der Waals surface area (Å²) in [6, 6.07) is 14.6. The van der Waals surface area contributed by atoms with Gasteiger partial charge in [0.15, 0.2) is 10.6 Å². The molecule has 30 heavy (non-hydrogen) atoms. The second kappa shape index (κ2) is 8.62. The van der Waals surface area contributed by atoms with Gasteiger partial charge in [0.05, 0.1) is 20.9 Å². The predicted molar refractivity (Wildman–Crippen MR) is 120 cm³/mol. The van der Waals surface area contributed by atoms with Gasteiger partial charge in [0.25, 0.3) is 0 Å². The van der Waals surface area contributed by atoms with Crippen molar-refractivity contribution in [3.63, 3.8) is 0 Å². The number of aryl methyl sites for hydroxylation is 1. The minimum atomic E-state index is 0.237. The molecule has 158 valence electrons. The molecule has 7 heteroatoms. The van der Waals surface area contributed by atoms with E-state index in [4.69, 9.17) is 26.8 Å². The smallest absolute Gasteiger partial charge is 0.199 e. The number of rotatable bonds is 6. The van der Waals surface area contributed by atoms with Gasteiger partial charge in [-0.3, -0.25) is 4.90 Å². The van der Waals surface area contributed by atoms with Crippen molar-refractivity contribution in [3.8, 4) is 22.9 Å². The fourth-order valence-electron chi connectivity index (χ4n) is 4.24. The first-order valence-corrected chi connectivity index (χ1v) is 10.6. The summed E-state index contributed by atoms with van der Waals surface area (Å²) in [6.07, 6.45) is 2.18. The molecule has 0 amide bonds. The van der Waals surface area contributed by atoms with Crippen LogP contribution in [0.3, 0.4) is 0 Å². The summed E-state index contributed by atoms with van der Waals surface area (Å²) < 4.78 is 15.7. The summed E-state index contributed by atoms with van der Waals surface area (Å²) in [5.74, 6) is 2.62. The second-order valence-electron chi connectivity index (χ2n) is 7.75. The van der Waals surface area contributed by atoms with Gasteiger partial charge >= 0.3 is 0 Å². The predicted octanol–water partition coefficient (Wildman–Crippen LogP) is 4.74. The molecule has 3 aromatic rings. The van der Waals surface area contributed by atoms with Crippen molar-refractivity contribution in [1.29, 1.82) is 0 Å². The Labute approximate surface area is 182 Å². The van der Waals surface area contributed by atoms with Gasteiger partial charge in [0, 0.05) is 30.8 Å². The van der Waals surface area contributed by atoms with Crippen LogP contribution in [0.25, 0.3) is 11.4 Å². The van der Waals surface area contributed by atoms with E-state index in [-0.39, 0.29) is 6.04 Å². The summed E-state index contributed by atoms with van der Waals surface area (Å²) >= 11 is 5.72. The Morgan fingerprint density at radius 2 is 1.97 bits per heavy atom. The summed E-state index contributed by atoms with van der Waals surface area (Å²) in [6.45, 7) is 3.72. The van der Waals surface area contributed by atoms with Gasteiger partial charge in [-0.25, -0.2) is 4.68 Å². The van der Waals surface area contributed by atoms with Crippen molar-refractivity contribution in [2.75, 3.05) is 20.8 Å². The Bertz CT molecular complexity index is 1100. The molecular weight excluding hydrogens is 396 g/mol. The zero-order valence-corrected chi connectivity index (χ0v) is 18.8. The second-order valence-corrected chi connectivity index (χ2v) is 8.12. The number of aromatic nitrogens is 3. The van der Waals surface area contributed by atoms with Gasteiger partial charge in [-0.2, -0.15) is 5.10 Å². The van der Waals surface area contributed by atoms with Crippen LogP contribution in [0.1, 0.15) is 30.0 Å². The van der Waals surface area contributed by atoms with E-state index in [2.05, 4.69) is 42.2 Å². The molecule has 0 spiro atoms. The van der Waals surface area contributed by atoms with E-state index in [1.165, 1.54) is 5.56 Å². The molecular formula is C23H28N4O2S. The summed E-state index contributed by atoms with van der Waals surface area (Å²) in [5.41, 5.74) is 3.43. The number of likely N-dealkylation sites (tertiary alicyclic amines) is 1. The van der Waals surface area contributed by atoms with E-state index in [1.807, 2.05) is 28.4 Å². The summed E-state index contributed by atoms with van der Waals surface area (Å²) in [7, 11) is 5.39. The number of methoxy groups -OCH3 is 2. The van der Waals surface area contributed by atoms with Crippen LogP contribution in [0.4, 0.5) is 0 Å². The number of nitrogens with zero attached hydrogens (tertiary/aromatic N) is 4. The highest BCUT2D eigenvalue weighted by Crippen LogP contribution is 2.39. The van der Waals surface area contributed by atoms with Gasteiger partial charge < -0.3 is 14.0 Å². The van der Waals surface area contributed by atoms with Crippen molar-refractivity contribution < 1.29 is 9.47 Å². The van der Waals surface area contributed by atoms with Crippen molar-refractivity contribution in [3.05, 3.63) is 58.4 Å². The molecule has 1 fully saturated rings. The normalized spacial score (nSPS) is 16.7. The average molecular weight is 425 g/mol. The minimum absolute atomic E-state index is 0.237. The number of benzene rings is 2. The Morgan fingerprint density at radius 3 is 2.70 bits per heavy atom. The van der Waals surface area contributed by atoms with Crippen molar-refractivity contribution in [1.82, 2.24) is 19.2 Å². The molecule has 0 aliphatic carbocycles. The summed E-state index contributed by atoms with van der Waals surface area (Å²) in [5, 5.41) is 4.87. The first kappa shape index (κ1) is 20.6. The molecule has 2 heterocycles. The lowest BCUT2D eigenvalue weighted by Gasteiger charge is -2.26. The highest BCUT2D eigenvalue weighted by atomic mass is 32.1. The molecule has 0 N–H and O–H groups in total. The third-order valence-electron chi connectivity index (χ3n) is 5.79. The van der Waals surface area contributed by atoms with E-state index in [0.717, 1.165) is 52.6 Å². The molecule has 0 saturated carbocycles. The van der Waals surface area contributed by atoms with Crippen LogP contribution in [0.15, 0.2) is 42.5 Å². The quantitative estimate of drug-likeness (QED) is 0.535. The van der Waals surface area contributed by atoms with E-state index in [0.29, 0.717) is 6.67 Å². The van der Waals surface area contributed by atoms with E-state index in [1.54, 1.807) is 14.2 Å². The molecule has 0 radical (unpaired) electrons. The van der Waals surface area contributed by atoms with Crippen molar-refractivity contribution in [2.24, 2.45) is 7.05 Å². The number of ether oxygens (including phenoxy) is 2. The van der Waals surface area contributed by atoms with Crippen LogP contribution in [0.2, 0.25) is 0 Å². The molecule has 1 aliphatic heterocycles. The third kappa shape index (κ3) is 3.87. The topological polar surface area (TPSA) is 44.5 Å². The van der Waals surface area contributed by atoms with Crippen LogP contribution >= 0.6 is 12.2 Å². The molecule has 0 bridgehead atoms. The Morgan fingerprint density at radius 1 is 1.13 bits per heavy atom. The van der Waals surface area contributed by atoms with Crippen LogP contribution in [-0.2, 0) is 13.7 Å². The van der Waals surface area contributed by atoms with E-state index in [9.17, 15) is 0 Å². The zero-order valence-electron chi connectivity index (χ0n) is 18.0. The average Bonchev–Trinajstić information content (AvgIpc) is 3.33. The first-order chi connectivity index (χ1) is 14.5. The maximum atomic E-state index is 5.72. The van der Waals surface area contributed by atoms with Crippen molar-refractivity contribution in [2.45, 2.75) is 32.5 Å². The Hall–Kier alpha value is -2.64. The fraction of sp³-hybridized carbons (Fsp3) is 0.391. The van der Waals surface area contributed by atoms with Crippen LogP contribution in [-0.4, -0.2) is 40.0 Å². The summed E-state index contributed by atoms with van der Waals surface area (Å²) in [4.78, 5) is 2.42. The Kier molecular flexibility index (Phi) is 5.92. The van der Waals surface area contributed by atoms with Crippen LogP contribution < -0.4 is 9.47 Å². The maximum absolute atomic E-state index is 5.72. The highest BCUT2D eigenvalue weighted by Gasteiger charge is 2.29. The largest absolute Gasteiger partial charge is 0.497 e. The molecule has 1 aromatic heterocycles. The number of hydrogen-bond acceptors (Lipinski definition) is 5. The van der Waals surface area contributed by atoms with Gasteiger partial charge in [0.1, 0.15) is 11.5 Å².